The molecule has 2 N–H and O–H groups in total. The van der Waals surface area contributed by atoms with Crippen LogP contribution in [0.15, 0.2) is 84.9 Å². The van der Waals surface area contributed by atoms with Gasteiger partial charge in [-0.2, -0.15) is 0 Å². The molecular formula is C32H27FN4O2. The zero-order valence-corrected chi connectivity index (χ0v) is 21.4. The van der Waals surface area contributed by atoms with Crippen LogP contribution in [0, 0.1) is 5.82 Å². The van der Waals surface area contributed by atoms with Crippen LogP contribution >= 0.6 is 0 Å². The van der Waals surface area contributed by atoms with Gasteiger partial charge in [-0.25, -0.2) is 9.37 Å². The lowest BCUT2D eigenvalue weighted by Gasteiger charge is -2.36. The third kappa shape index (κ3) is 4.06. The number of rotatable bonds is 5. The molecular weight excluding hydrogens is 491 g/mol. The van der Waals surface area contributed by atoms with E-state index in [0.717, 1.165) is 40.8 Å². The van der Waals surface area contributed by atoms with Crippen LogP contribution in [-0.2, 0) is 6.54 Å². The standard InChI is InChI=1S/C32H27FN4O2/c1-36-16-23(17-36)20-8-6-19(7-9-20)21-10-11-22-18-37(32(39)25(22)14-21)30(26-15-24(33)12-13-29(26)38)31-34-27-4-2-3-5-28(27)35-31/h2-15,23,30,38H,16-18H2,1H3,(H,34,35). The average molecular weight is 519 g/mol. The van der Waals surface area contributed by atoms with Gasteiger partial charge in [-0.1, -0.05) is 48.5 Å². The van der Waals surface area contributed by atoms with Crippen LogP contribution in [0.4, 0.5) is 4.39 Å². The van der Waals surface area contributed by atoms with Gasteiger partial charge in [0.05, 0.1) is 11.0 Å². The van der Waals surface area contributed by atoms with E-state index in [2.05, 4.69) is 41.2 Å². The average Bonchev–Trinajstić information content (AvgIpc) is 3.50. The van der Waals surface area contributed by atoms with Crippen LogP contribution < -0.4 is 0 Å². The van der Waals surface area contributed by atoms with E-state index in [0.29, 0.717) is 23.9 Å². The number of para-hydroxylation sites is 2. The monoisotopic (exact) mass is 518 g/mol. The minimum Gasteiger partial charge on any atom is -0.508 e. The van der Waals surface area contributed by atoms with Gasteiger partial charge in [0.25, 0.3) is 5.91 Å². The number of amides is 1. The lowest BCUT2D eigenvalue weighted by Crippen LogP contribution is -2.41. The Kier molecular flexibility index (Phi) is 5.49. The van der Waals surface area contributed by atoms with E-state index in [1.165, 1.54) is 23.8 Å². The number of likely N-dealkylation sites (N-methyl/N-ethyl adjacent to an activating group) is 1. The predicted molar refractivity (Wildman–Crippen MR) is 148 cm³/mol. The van der Waals surface area contributed by atoms with Crippen LogP contribution in [0.25, 0.3) is 22.2 Å². The smallest absolute Gasteiger partial charge is 0.255 e. The van der Waals surface area contributed by atoms with E-state index >= 15 is 0 Å². The van der Waals surface area contributed by atoms with Gasteiger partial charge in [-0.05, 0) is 65.7 Å². The zero-order valence-electron chi connectivity index (χ0n) is 21.4. The molecule has 0 spiro atoms. The zero-order chi connectivity index (χ0) is 26.7. The summed E-state index contributed by atoms with van der Waals surface area (Å²) < 4.78 is 14.4. The molecule has 1 unspecified atom stereocenters. The summed E-state index contributed by atoms with van der Waals surface area (Å²) >= 11 is 0. The highest BCUT2D eigenvalue weighted by Gasteiger charge is 2.37. The summed E-state index contributed by atoms with van der Waals surface area (Å²) in [4.78, 5) is 25.9. The van der Waals surface area contributed by atoms with Crippen molar-refractivity contribution in [3.05, 3.63) is 119 Å². The number of H-pyrrole nitrogens is 1. The fourth-order valence-corrected chi connectivity index (χ4v) is 5.88. The molecule has 0 aliphatic carbocycles. The molecule has 6 nitrogen and oxygen atoms in total. The van der Waals surface area contributed by atoms with E-state index in [9.17, 15) is 14.3 Å². The quantitative estimate of drug-likeness (QED) is 0.306. The minimum absolute atomic E-state index is 0.0935. The van der Waals surface area contributed by atoms with Gasteiger partial charge in [0.15, 0.2) is 0 Å². The van der Waals surface area contributed by atoms with Crippen LogP contribution in [-0.4, -0.2) is 50.9 Å². The topological polar surface area (TPSA) is 72.5 Å². The van der Waals surface area contributed by atoms with Crippen molar-refractivity contribution in [3.8, 4) is 16.9 Å². The molecule has 0 radical (unpaired) electrons. The normalized spacial score (nSPS) is 16.5. The number of nitrogens with zero attached hydrogens (tertiary/aromatic N) is 3. The predicted octanol–water partition coefficient (Wildman–Crippen LogP) is 5.85. The number of benzene rings is 4. The lowest BCUT2D eigenvalue weighted by molar-refractivity contribution is 0.0723. The van der Waals surface area contributed by atoms with Gasteiger partial charge in [-0.3, -0.25) is 4.79 Å². The number of hydrogen-bond acceptors (Lipinski definition) is 4. The van der Waals surface area contributed by atoms with Crippen molar-refractivity contribution in [1.82, 2.24) is 19.8 Å². The van der Waals surface area contributed by atoms with Crippen molar-refractivity contribution in [2.75, 3.05) is 20.1 Å². The molecule has 4 aromatic carbocycles. The number of nitrogens with one attached hydrogen (secondary N) is 1. The number of phenols is 1. The number of likely N-dealkylation sites (tertiary alicyclic amines) is 1. The molecule has 0 saturated carbocycles. The van der Waals surface area contributed by atoms with Gasteiger partial charge in [0.2, 0.25) is 0 Å². The first-order valence-corrected chi connectivity index (χ1v) is 13.1. The second-order valence-electron chi connectivity index (χ2n) is 10.6. The molecule has 7 heteroatoms. The highest BCUT2D eigenvalue weighted by molar-refractivity contribution is 6.00. The number of aromatic nitrogens is 2. The van der Waals surface area contributed by atoms with Crippen molar-refractivity contribution in [3.63, 3.8) is 0 Å². The third-order valence-corrected chi connectivity index (χ3v) is 7.98. The number of carbonyl (C=O) groups is 1. The molecule has 2 aliphatic heterocycles. The van der Waals surface area contributed by atoms with Crippen molar-refractivity contribution < 1.29 is 14.3 Å². The SMILES string of the molecule is CN1CC(c2ccc(-c3ccc4c(c3)C(=O)N(C(c3nc5ccccc5[nH]3)c3cc(F)ccc3O)C4)cc2)C1. The molecule has 5 aromatic rings. The first-order valence-electron chi connectivity index (χ1n) is 13.1. The maximum Gasteiger partial charge on any atom is 0.255 e. The van der Waals surface area contributed by atoms with Gasteiger partial charge in [-0.15, -0.1) is 0 Å². The summed E-state index contributed by atoms with van der Waals surface area (Å²) in [6.07, 6.45) is 0. The summed E-state index contributed by atoms with van der Waals surface area (Å²) in [6.45, 7) is 2.48. The van der Waals surface area contributed by atoms with Crippen molar-refractivity contribution in [2.45, 2.75) is 18.5 Å². The molecule has 1 amide bonds. The third-order valence-electron chi connectivity index (χ3n) is 7.98. The summed E-state index contributed by atoms with van der Waals surface area (Å²) in [7, 11) is 2.13. The van der Waals surface area contributed by atoms with Crippen molar-refractivity contribution in [1.29, 1.82) is 0 Å². The summed E-state index contributed by atoms with van der Waals surface area (Å²) in [5.74, 6) is 0.274. The van der Waals surface area contributed by atoms with Crippen molar-refractivity contribution in [2.24, 2.45) is 0 Å². The molecule has 7 rings (SSSR count). The second-order valence-corrected chi connectivity index (χ2v) is 10.6. The van der Waals surface area contributed by atoms with Crippen LogP contribution in [0.2, 0.25) is 0 Å². The molecule has 1 fully saturated rings. The van der Waals surface area contributed by atoms with E-state index in [4.69, 9.17) is 4.98 Å². The van der Waals surface area contributed by atoms with Crippen LogP contribution in [0.5, 0.6) is 5.75 Å². The number of imidazole rings is 1. The Bertz CT molecular complexity index is 1690. The molecule has 0 bridgehead atoms. The Morgan fingerprint density at radius 3 is 2.51 bits per heavy atom. The first kappa shape index (κ1) is 23.6. The molecule has 1 saturated heterocycles. The summed E-state index contributed by atoms with van der Waals surface area (Å²) in [5.41, 5.74) is 6.67. The summed E-state index contributed by atoms with van der Waals surface area (Å²) in [6, 6.07) is 25.1. The number of halogens is 1. The highest BCUT2D eigenvalue weighted by Crippen LogP contribution is 2.40. The van der Waals surface area contributed by atoms with E-state index in [1.807, 2.05) is 42.5 Å². The van der Waals surface area contributed by atoms with E-state index in [-0.39, 0.29) is 17.2 Å². The van der Waals surface area contributed by atoms with Gasteiger partial charge >= 0.3 is 0 Å². The number of aromatic hydroxyl groups is 1. The Hall–Kier alpha value is -4.49. The minimum atomic E-state index is -0.795. The van der Waals surface area contributed by atoms with Crippen LogP contribution in [0.3, 0.4) is 0 Å². The molecule has 3 heterocycles. The van der Waals surface area contributed by atoms with Gasteiger partial charge < -0.3 is 19.9 Å². The van der Waals surface area contributed by atoms with Crippen LogP contribution in [0.1, 0.15) is 44.8 Å². The van der Waals surface area contributed by atoms with E-state index < -0.39 is 11.9 Å². The largest absolute Gasteiger partial charge is 0.508 e. The molecule has 2 aliphatic rings. The fourth-order valence-electron chi connectivity index (χ4n) is 5.88. The maximum absolute atomic E-state index is 14.4. The van der Waals surface area contributed by atoms with E-state index in [1.54, 1.807) is 4.90 Å². The maximum atomic E-state index is 14.4. The Labute approximate surface area is 225 Å². The second kappa shape index (κ2) is 9.06. The fraction of sp³-hybridized carbons (Fsp3) is 0.188. The van der Waals surface area contributed by atoms with Gasteiger partial charge in [0, 0.05) is 36.7 Å². The number of carbonyl (C=O) groups excluding carboxylic acids is 1. The lowest BCUT2D eigenvalue weighted by atomic mass is 9.90. The number of phenolic OH excluding ortho intramolecular Hbond substituents is 1. The Balaban J connectivity index is 1.25. The summed E-state index contributed by atoms with van der Waals surface area (Å²) in [5, 5.41) is 10.7. The highest BCUT2D eigenvalue weighted by atomic mass is 19.1. The molecule has 39 heavy (non-hydrogen) atoms. The van der Waals surface area contributed by atoms with Crippen molar-refractivity contribution >= 4 is 16.9 Å². The Morgan fingerprint density at radius 2 is 1.74 bits per heavy atom. The molecule has 194 valence electrons. The van der Waals surface area contributed by atoms with Gasteiger partial charge in [0.1, 0.15) is 23.4 Å². The molecule has 1 aromatic heterocycles. The first-order chi connectivity index (χ1) is 18.9. The number of aromatic amines is 1. The Morgan fingerprint density at radius 1 is 0.974 bits per heavy atom. The number of fused-ring (bicyclic) bond motifs is 2. The number of hydrogen-bond donors (Lipinski definition) is 2. The molecule has 1 atom stereocenters.